The van der Waals surface area contributed by atoms with E-state index in [0.29, 0.717) is 23.2 Å². The highest BCUT2D eigenvalue weighted by Gasteiger charge is 2.20. The Bertz CT molecular complexity index is 1250. The second-order valence-corrected chi connectivity index (χ2v) is 9.11. The molecule has 3 aromatic heterocycles. The summed E-state index contributed by atoms with van der Waals surface area (Å²) in [5, 5.41) is 4.44. The zero-order valence-electron chi connectivity index (χ0n) is 19.3. The van der Waals surface area contributed by atoms with Crippen LogP contribution in [-0.2, 0) is 0 Å². The molecule has 1 aromatic carbocycles. The molecule has 6 rings (SSSR count). The average Bonchev–Trinajstić information content (AvgIpc) is 3.65. The predicted octanol–water partition coefficient (Wildman–Crippen LogP) is 2.85. The predicted molar refractivity (Wildman–Crippen MR) is 133 cm³/mol. The van der Waals surface area contributed by atoms with Gasteiger partial charge in [-0.2, -0.15) is 4.52 Å². The lowest BCUT2D eigenvalue weighted by Crippen LogP contribution is -2.48. The van der Waals surface area contributed by atoms with Crippen LogP contribution >= 0.6 is 0 Å². The molecule has 4 aromatic rings. The molecule has 9 heteroatoms. The van der Waals surface area contributed by atoms with E-state index in [1.54, 1.807) is 10.8 Å². The summed E-state index contributed by atoms with van der Waals surface area (Å²) >= 11 is 0. The quantitative estimate of drug-likeness (QED) is 0.472. The Hall–Kier alpha value is -3.43. The molecule has 0 bridgehead atoms. The van der Waals surface area contributed by atoms with Crippen molar-refractivity contribution >= 4 is 17.3 Å². The molecule has 0 atom stereocenters. The molecule has 0 spiro atoms. The molecule has 0 radical (unpaired) electrons. The Kier molecular flexibility index (Phi) is 5.64. The second kappa shape index (κ2) is 9.08. The molecule has 2 saturated heterocycles. The number of furan rings is 1. The van der Waals surface area contributed by atoms with Crippen LogP contribution in [0.1, 0.15) is 12.8 Å². The zero-order valence-corrected chi connectivity index (χ0v) is 19.3. The lowest BCUT2D eigenvalue weighted by atomic mass is 10.1. The summed E-state index contributed by atoms with van der Waals surface area (Å²) in [7, 11) is 0. The molecular weight excluding hydrogens is 428 g/mol. The molecule has 2 aliphatic rings. The Morgan fingerprint density at radius 1 is 0.853 bits per heavy atom. The molecule has 176 valence electrons. The number of likely N-dealkylation sites (tertiary alicyclic amines) is 1. The smallest absolute Gasteiger partial charge is 0.223 e. The van der Waals surface area contributed by atoms with E-state index in [1.165, 1.54) is 44.7 Å². The molecule has 2 N–H and O–H groups in total. The topological polar surface area (TPSA) is 92.0 Å². The number of nitrogen functional groups attached to an aromatic ring is 1. The highest BCUT2D eigenvalue weighted by molar-refractivity contribution is 5.70. The maximum Gasteiger partial charge on any atom is 0.223 e. The summed E-state index contributed by atoms with van der Waals surface area (Å²) < 4.78 is 6.97. The lowest BCUT2D eigenvalue weighted by molar-refractivity contribution is 0.215. The fourth-order valence-electron chi connectivity index (χ4n) is 4.95. The summed E-state index contributed by atoms with van der Waals surface area (Å²) in [5.74, 6) is 1.40. The van der Waals surface area contributed by atoms with Crippen LogP contribution in [0.4, 0.5) is 11.6 Å². The molecule has 0 amide bonds. The van der Waals surface area contributed by atoms with E-state index in [1.807, 2.05) is 18.2 Å². The number of anilines is 2. The molecule has 34 heavy (non-hydrogen) atoms. The third-order valence-electron chi connectivity index (χ3n) is 6.90. The van der Waals surface area contributed by atoms with Gasteiger partial charge in [0.1, 0.15) is 0 Å². The summed E-state index contributed by atoms with van der Waals surface area (Å²) in [6.07, 6.45) is 4.33. The SMILES string of the molecule is Nc1nc(-c2cccc(N3CCN(CCN4CCCC4)CC3)c2)cc2nc(-c3ccco3)nn12. The molecule has 5 heterocycles. The molecule has 0 saturated carbocycles. The molecule has 2 fully saturated rings. The van der Waals surface area contributed by atoms with E-state index in [2.05, 4.69) is 54.0 Å². The van der Waals surface area contributed by atoms with Gasteiger partial charge in [-0.1, -0.05) is 12.1 Å². The Morgan fingerprint density at radius 2 is 1.65 bits per heavy atom. The summed E-state index contributed by atoms with van der Waals surface area (Å²) in [6, 6.07) is 14.1. The number of nitrogens with zero attached hydrogens (tertiary/aromatic N) is 7. The summed E-state index contributed by atoms with van der Waals surface area (Å²) in [6.45, 7) is 9.20. The van der Waals surface area contributed by atoms with Crippen molar-refractivity contribution in [3.63, 3.8) is 0 Å². The van der Waals surface area contributed by atoms with Crippen LogP contribution in [0.25, 0.3) is 28.5 Å². The number of hydrogen-bond donors (Lipinski definition) is 1. The normalized spacial score (nSPS) is 17.7. The fraction of sp³-hybridized carbons (Fsp3) is 0.400. The third kappa shape index (κ3) is 4.24. The van der Waals surface area contributed by atoms with Gasteiger partial charge in [-0.25, -0.2) is 9.97 Å². The van der Waals surface area contributed by atoms with Crippen LogP contribution in [0, 0.1) is 0 Å². The van der Waals surface area contributed by atoms with Crippen LogP contribution in [0.3, 0.4) is 0 Å². The molecule has 2 aliphatic heterocycles. The van der Waals surface area contributed by atoms with E-state index < -0.39 is 0 Å². The van der Waals surface area contributed by atoms with Gasteiger partial charge in [-0.05, 0) is 50.2 Å². The minimum atomic E-state index is 0.301. The van der Waals surface area contributed by atoms with Crippen LogP contribution in [0.5, 0.6) is 0 Å². The maximum absolute atomic E-state index is 6.23. The van der Waals surface area contributed by atoms with Gasteiger partial charge in [0.05, 0.1) is 12.0 Å². The van der Waals surface area contributed by atoms with E-state index in [0.717, 1.165) is 37.4 Å². The van der Waals surface area contributed by atoms with Crippen LogP contribution in [0.2, 0.25) is 0 Å². The van der Waals surface area contributed by atoms with Crippen molar-refractivity contribution in [3.05, 3.63) is 48.7 Å². The number of rotatable bonds is 6. The van der Waals surface area contributed by atoms with Gasteiger partial charge in [-0.15, -0.1) is 5.10 Å². The maximum atomic E-state index is 6.23. The van der Waals surface area contributed by atoms with Gasteiger partial charge < -0.3 is 20.0 Å². The first kappa shape index (κ1) is 21.1. The van der Waals surface area contributed by atoms with E-state index in [4.69, 9.17) is 10.2 Å². The van der Waals surface area contributed by atoms with Crippen molar-refractivity contribution in [3.8, 4) is 22.8 Å². The first-order valence-electron chi connectivity index (χ1n) is 12.1. The number of nitrogens with two attached hydrogens (primary N) is 1. The van der Waals surface area contributed by atoms with Crippen molar-refractivity contribution in [2.75, 3.05) is 63.0 Å². The van der Waals surface area contributed by atoms with E-state index >= 15 is 0 Å². The fourth-order valence-corrected chi connectivity index (χ4v) is 4.95. The van der Waals surface area contributed by atoms with Gasteiger partial charge in [-0.3, -0.25) is 4.90 Å². The minimum Gasteiger partial charge on any atom is -0.461 e. The molecular formula is C25H30N8O. The van der Waals surface area contributed by atoms with Crippen LogP contribution in [-0.4, -0.2) is 81.7 Å². The van der Waals surface area contributed by atoms with Crippen LogP contribution in [0.15, 0.2) is 53.1 Å². The first-order chi connectivity index (χ1) is 16.7. The number of aromatic nitrogens is 4. The first-order valence-corrected chi connectivity index (χ1v) is 12.1. The van der Waals surface area contributed by atoms with Gasteiger partial charge in [0.15, 0.2) is 11.4 Å². The number of benzene rings is 1. The van der Waals surface area contributed by atoms with Gasteiger partial charge in [0.25, 0.3) is 0 Å². The third-order valence-corrected chi connectivity index (χ3v) is 6.90. The van der Waals surface area contributed by atoms with Crippen molar-refractivity contribution < 1.29 is 4.42 Å². The summed E-state index contributed by atoms with van der Waals surface area (Å²) in [4.78, 5) is 16.8. The summed E-state index contributed by atoms with van der Waals surface area (Å²) in [5.41, 5.74) is 9.90. The Morgan fingerprint density at radius 3 is 2.41 bits per heavy atom. The monoisotopic (exact) mass is 458 g/mol. The largest absolute Gasteiger partial charge is 0.461 e. The van der Waals surface area contributed by atoms with E-state index in [-0.39, 0.29) is 0 Å². The van der Waals surface area contributed by atoms with Gasteiger partial charge in [0, 0.05) is 56.6 Å². The van der Waals surface area contributed by atoms with Crippen molar-refractivity contribution in [2.45, 2.75) is 12.8 Å². The lowest BCUT2D eigenvalue weighted by Gasteiger charge is -2.36. The average molecular weight is 459 g/mol. The molecule has 0 aliphatic carbocycles. The molecule has 0 unspecified atom stereocenters. The number of hydrogen-bond acceptors (Lipinski definition) is 8. The van der Waals surface area contributed by atoms with E-state index in [9.17, 15) is 0 Å². The van der Waals surface area contributed by atoms with Crippen molar-refractivity contribution in [1.29, 1.82) is 0 Å². The van der Waals surface area contributed by atoms with Crippen molar-refractivity contribution in [1.82, 2.24) is 29.4 Å². The minimum absolute atomic E-state index is 0.301. The standard InChI is InChI=1S/C25H30N8O/c26-25-27-21(18-23-28-24(29-33(23)25)22-7-4-16-34-22)19-5-3-6-20(17-19)32-14-12-31(13-15-32)11-10-30-8-1-2-9-30/h3-7,16-18H,1-2,8-15H2,(H2,26,27). The van der Waals surface area contributed by atoms with Crippen LogP contribution < -0.4 is 10.6 Å². The second-order valence-electron chi connectivity index (χ2n) is 9.11. The Labute approximate surface area is 198 Å². The Balaban J connectivity index is 1.17. The van der Waals surface area contributed by atoms with Gasteiger partial charge in [0.2, 0.25) is 11.8 Å². The zero-order chi connectivity index (χ0) is 22.9. The molecule has 9 nitrogen and oxygen atoms in total. The van der Waals surface area contributed by atoms with Gasteiger partial charge >= 0.3 is 0 Å². The highest BCUT2D eigenvalue weighted by atomic mass is 16.3. The highest BCUT2D eigenvalue weighted by Crippen LogP contribution is 2.27. The van der Waals surface area contributed by atoms with Crippen molar-refractivity contribution in [2.24, 2.45) is 0 Å². The number of piperazine rings is 1. The number of fused-ring (bicyclic) bond motifs is 1.